The number of nitrogens with zero attached hydrogens (tertiary/aromatic N) is 1. The van der Waals surface area contributed by atoms with Gasteiger partial charge in [0.15, 0.2) is 0 Å². The molecular formula is C15H12N2O2. The summed E-state index contributed by atoms with van der Waals surface area (Å²) >= 11 is 0. The molecule has 0 aliphatic carbocycles. The number of carbonyl (C=O) groups is 1. The van der Waals surface area contributed by atoms with Gasteiger partial charge in [-0.05, 0) is 6.07 Å². The van der Waals surface area contributed by atoms with Gasteiger partial charge >= 0.3 is 5.97 Å². The number of esters is 1. The van der Waals surface area contributed by atoms with Crippen molar-refractivity contribution in [1.82, 2.24) is 9.97 Å². The fraction of sp³-hybridized carbons (Fsp3) is 0.0667. The third-order valence-corrected chi connectivity index (χ3v) is 2.96. The van der Waals surface area contributed by atoms with Crippen LogP contribution in [0.15, 0.2) is 49.3 Å². The SMILES string of the molecule is C=CCOC(=O)c1cncc2[nH]c3ccccc3c12. The van der Waals surface area contributed by atoms with E-state index in [1.807, 2.05) is 24.3 Å². The molecule has 0 amide bonds. The van der Waals surface area contributed by atoms with E-state index < -0.39 is 0 Å². The van der Waals surface area contributed by atoms with Crippen LogP contribution in [0.25, 0.3) is 21.8 Å². The number of H-pyrrole nitrogens is 1. The number of rotatable bonds is 3. The Morgan fingerprint density at radius 3 is 3.00 bits per heavy atom. The van der Waals surface area contributed by atoms with E-state index >= 15 is 0 Å². The fourth-order valence-corrected chi connectivity index (χ4v) is 2.17. The Morgan fingerprint density at radius 1 is 1.32 bits per heavy atom. The first kappa shape index (κ1) is 11.5. The number of fused-ring (bicyclic) bond motifs is 3. The molecule has 0 spiro atoms. The van der Waals surface area contributed by atoms with Gasteiger partial charge < -0.3 is 9.72 Å². The highest BCUT2D eigenvalue weighted by Crippen LogP contribution is 2.27. The number of nitrogens with one attached hydrogen (secondary N) is 1. The Kier molecular flexibility index (Phi) is 2.76. The van der Waals surface area contributed by atoms with Crippen molar-refractivity contribution in [3.63, 3.8) is 0 Å². The van der Waals surface area contributed by atoms with Crippen molar-refractivity contribution in [1.29, 1.82) is 0 Å². The first-order chi connectivity index (χ1) is 9.31. The van der Waals surface area contributed by atoms with Crippen LogP contribution in [0, 0.1) is 0 Å². The summed E-state index contributed by atoms with van der Waals surface area (Å²) < 4.78 is 5.09. The van der Waals surface area contributed by atoms with Gasteiger partial charge in [-0.25, -0.2) is 4.79 Å². The topological polar surface area (TPSA) is 55.0 Å². The highest BCUT2D eigenvalue weighted by atomic mass is 16.5. The van der Waals surface area contributed by atoms with Crippen molar-refractivity contribution in [2.75, 3.05) is 6.61 Å². The quantitative estimate of drug-likeness (QED) is 0.575. The lowest BCUT2D eigenvalue weighted by Gasteiger charge is -2.03. The number of aromatic nitrogens is 2. The number of hydrogen-bond acceptors (Lipinski definition) is 3. The normalized spacial score (nSPS) is 10.7. The Balaban J connectivity index is 2.24. The van der Waals surface area contributed by atoms with Crippen molar-refractivity contribution >= 4 is 27.8 Å². The van der Waals surface area contributed by atoms with Gasteiger partial charge in [-0.3, -0.25) is 4.98 Å². The summed E-state index contributed by atoms with van der Waals surface area (Å²) in [6.07, 6.45) is 4.79. The molecule has 3 rings (SSSR count). The van der Waals surface area contributed by atoms with E-state index in [4.69, 9.17) is 4.74 Å². The lowest BCUT2D eigenvalue weighted by molar-refractivity contribution is 0.0551. The average molecular weight is 252 g/mol. The third-order valence-electron chi connectivity index (χ3n) is 2.96. The lowest BCUT2D eigenvalue weighted by Crippen LogP contribution is -2.05. The molecule has 1 N–H and O–H groups in total. The molecule has 0 radical (unpaired) electrons. The molecule has 0 saturated carbocycles. The van der Waals surface area contributed by atoms with Crippen molar-refractivity contribution in [2.24, 2.45) is 0 Å². The summed E-state index contributed by atoms with van der Waals surface area (Å²) in [5.74, 6) is -0.386. The van der Waals surface area contributed by atoms with Crippen LogP contribution in [0.4, 0.5) is 0 Å². The zero-order chi connectivity index (χ0) is 13.2. The number of benzene rings is 1. The predicted molar refractivity (Wildman–Crippen MR) is 74.1 cm³/mol. The molecule has 19 heavy (non-hydrogen) atoms. The van der Waals surface area contributed by atoms with Crippen LogP contribution in [-0.2, 0) is 4.74 Å². The van der Waals surface area contributed by atoms with E-state index in [1.165, 1.54) is 6.20 Å². The molecule has 2 aromatic heterocycles. The molecule has 4 nitrogen and oxygen atoms in total. The second kappa shape index (κ2) is 4.57. The number of aromatic amines is 1. The van der Waals surface area contributed by atoms with Gasteiger partial charge in [0.2, 0.25) is 0 Å². The Labute approximate surface area is 109 Å². The van der Waals surface area contributed by atoms with E-state index in [9.17, 15) is 4.79 Å². The standard InChI is InChI=1S/C15H12N2O2/c1-2-7-19-15(18)11-8-16-9-13-14(11)10-5-3-4-6-12(10)17-13/h2-6,8-9,17H,1,7H2. The molecule has 94 valence electrons. The molecule has 0 atom stereocenters. The van der Waals surface area contributed by atoms with Crippen LogP contribution in [-0.4, -0.2) is 22.5 Å². The maximum absolute atomic E-state index is 12.0. The Morgan fingerprint density at radius 2 is 2.16 bits per heavy atom. The number of para-hydroxylation sites is 1. The molecular weight excluding hydrogens is 240 g/mol. The molecule has 0 aliphatic heterocycles. The summed E-state index contributed by atoms with van der Waals surface area (Å²) in [4.78, 5) is 19.4. The minimum atomic E-state index is -0.386. The van der Waals surface area contributed by atoms with Gasteiger partial charge in [-0.15, -0.1) is 0 Å². The lowest BCUT2D eigenvalue weighted by atomic mass is 10.1. The first-order valence-corrected chi connectivity index (χ1v) is 5.93. The molecule has 3 aromatic rings. The van der Waals surface area contributed by atoms with Crippen LogP contribution < -0.4 is 0 Å². The van der Waals surface area contributed by atoms with Gasteiger partial charge in [0.25, 0.3) is 0 Å². The maximum atomic E-state index is 12.0. The third kappa shape index (κ3) is 1.87. The van der Waals surface area contributed by atoms with Gasteiger partial charge in [-0.1, -0.05) is 30.9 Å². The highest BCUT2D eigenvalue weighted by molar-refractivity contribution is 6.16. The molecule has 0 saturated heterocycles. The summed E-state index contributed by atoms with van der Waals surface area (Å²) in [5.41, 5.74) is 2.27. The Hall–Kier alpha value is -2.62. The van der Waals surface area contributed by atoms with Crippen molar-refractivity contribution in [3.8, 4) is 0 Å². The minimum absolute atomic E-state index is 0.192. The molecule has 2 heterocycles. The second-order valence-corrected chi connectivity index (χ2v) is 4.17. The largest absolute Gasteiger partial charge is 0.458 e. The first-order valence-electron chi connectivity index (χ1n) is 5.93. The summed E-state index contributed by atoms with van der Waals surface area (Å²) in [6.45, 7) is 3.72. The van der Waals surface area contributed by atoms with Crippen LogP contribution in [0.1, 0.15) is 10.4 Å². The monoisotopic (exact) mass is 252 g/mol. The summed E-state index contributed by atoms with van der Waals surface area (Å²) in [6, 6.07) is 7.82. The zero-order valence-corrected chi connectivity index (χ0v) is 10.2. The molecule has 0 fully saturated rings. The summed E-state index contributed by atoms with van der Waals surface area (Å²) in [5, 5.41) is 1.84. The number of carbonyl (C=O) groups excluding carboxylic acids is 1. The number of pyridine rings is 1. The van der Waals surface area contributed by atoms with Gasteiger partial charge in [0, 0.05) is 22.5 Å². The predicted octanol–water partition coefficient (Wildman–Crippen LogP) is 3.06. The van der Waals surface area contributed by atoms with Crippen LogP contribution in [0.3, 0.4) is 0 Å². The Bertz CT molecular complexity index is 774. The maximum Gasteiger partial charge on any atom is 0.340 e. The number of ether oxygens (including phenoxy) is 1. The average Bonchev–Trinajstić information content (AvgIpc) is 2.83. The van der Waals surface area contributed by atoms with Gasteiger partial charge in [-0.2, -0.15) is 0 Å². The van der Waals surface area contributed by atoms with Gasteiger partial charge in [0.05, 0.1) is 17.3 Å². The molecule has 0 bridgehead atoms. The van der Waals surface area contributed by atoms with Crippen LogP contribution in [0.5, 0.6) is 0 Å². The molecule has 0 unspecified atom stereocenters. The fourth-order valence-electron chi connectivity index (χ4n) is 2.17. The second-order valence-electron chi connectivity index (χ2n) is 4.17. The molecule has 0 aliphatic rings. The minimum Gasteiger partial charge on any atom is -0.458 e. The zero-order valence-electron chi connectivity index (χ0n) is 10.2. The number of hydrogen-bond donors (Lipinski definition) is 1. The van der Waals surface area contributed by atoms with E-state index in [2.05, 4.69) is 16.5 Å². The van der Waals surface area contributed by atoms with Crippen molar-refractivity contribution in [2.45, 2.75) is 0 Å². The van der Waals surface area contributed by atoms with E-state index in [1.54, 1.807) is 12.3 Å². The van der Waals surface area contributed by atoms with Crippen molar-refractivity contribution < 1.29 is 9.53 Å². The smallest absolute Gasteiger partial charge is 0.340 e. The van der Waals surface area contributed by atoms with Crippen LogP contribution in [0.2, 0.25) is 0 Å². The highest BCUT2D eigenvalue weighted by Gasteiger charge is 2.15. The summed E-state index contributed by atoms with van der Waals surface area (Å²) in [7, 11) is 0. The van der Waals surface area contributed by atoms with Gasteiger partial charge in [0.1, 0.15) is 6.61 Å². The van der Waals surface area contributed by atoms with Crippen LogP contribution >= 0.6 is 0 Å². The van der Waals surface area contributed by atoms with E-state index in [-0.39, 0.29) is 12.6 Å². The van der Waals surface area contributed by atoms with Crippen molar-refractivity contribution in [3.05, 3.63) is 54.9 Å². The van der Waals surface area contributed by atoms with E-state index in [0.29, 0.717) is 5.56 Å². The molecule has 4 heteroatoms. The molecule has 1 aromatic carbocycles. The van der Waals surface area contributed by atoms with E-state index in [0.717, 1.165) is 21.8 Å².